The molecule has 1 heterocycles. The van der Waals surface area contributed by atoms with Crippen LogP contribution in [0.4, 0.5) is 5.69 Å². The van der Waals surface area contributed by atoms with Crippen molar-refractivity contribution in [1.82, 2.24) is 0 Å². The number of aryl methyl sites for hydroxylation is 2. The monoisotopic (exact) mass is 251 g/mol. The molecule has 1 aliphatic rings. The predicted octanol–water partition coefficient (Wildman–Crippen LogP) is 3.47. The number of benzene rings is 2. The van der Waals surface area contributed by atoms with Crippen molar-refractivity contribution in [2.24, 2.45) is 0 Å². The SMILES string of the molecule is Cc1ccc2c(c1)CCC(=O)N2Cc1ccccc1. The first-order valence-electron chi connectivity index (χ1n) is 6.68. The summed E-state index contributed by atoms with van der Waals surface area (Å²) in [5.41, 5.74) is 4.79. The molecule has 19 heavy (non-hydrogen) atoms. The zero-order valence-electron chi connectivity index (χ0n) is 11.1. The van der Waals surface area contributed by atoms with Crippen LogP contribution in [0.2, 0.25) is 0 Å². The van der Waals surface area contributed by atoms with E-state index in [4.69, 9.17) is 0 Å². The van der Waals surface area contributed by atoms with Crippen LogP contribution in [-0.4, -0.2) is 5.91 Å². The third-order valence-electron chi connectivity index (χ3n) is 3.62. The Labute approximate surface area is 113 Å². The van der Waals surface area contributed by atoms with Gasteiger partial charge < -0.3 is 4.90 Å². The van der Waals surface area contributed by atoms with E-state index in [1.54, 1.807) is 0 Å². The first-order valence-corrected chi connectivity index (χ1v) is 6.68. The topological polar surface area (TPSA) is 20.3 Å². The van der Waals surface area contributed by atoms with Crippen molar-refractivity contribution in [2.45, 2.75) is 26.3 Å². The van der Waals surface area contributed by atoms with Crippen LogP contribution in [0.15, 0.2) is 48.5 Å². The van der Waals surface area contributed by atoms with E-state index >= 15 is 0 Å². The molecule has 0 atom stereocenters. The lowest BCUT2D eigenvalue weighted by atomic mass is 9.98. The van der Waals surface area contributed by atoms with Gasteiger partial charge in [-0.1, -0.05) is 48.0 Å². The largest absolute Gasteiger partial charge is 0.308 e. The highest BCUT2D eigenvalue weighted by atomic mass is 16.2. The van der Waals surface area contributed by atoms with Gasteiger partial charge >= 0.3 is 0 Å². The summed E-state index contributed by atoms with van der Waals surface area (Å²) in [4.78, 5) is 14.1. The van der Waals surface area contributed by atoms with Crippen LogP contribution in [-0.2, 0) is 17.8 Å². The van der Waals surface area contributed by atoms with Gasteiger partial charge in [0, 0.05) is 12.1 Å². The van der Waals surface area contributed by atoms with E-state index in [0.717, 1.165) is 12.1 Å². The zero-order chi connectivity index (χ0) is 13.2. The number of nitrogens with zero attached hydrogens (tertiary/aromatic N) is 1. The normalized spacial score (nSPS) is 14.4. The number of rotatable bonds is 2. The van der Waals surface area contributed by atoms with Crippen LogP contribution < -0.4 is 4.90 Å². The molecular formula is C17H17NO. The fourth-order valence-electron chi connectivity index (χ4n) is 2.63. The second kappa shape index (κ2) is 4.88. The van der Waals surface area contributed by atoms with Crippen LogP contribution in [0.3, 0.4) is 0 Å². The Hall–Kier alpha value is -2.09. The summed E-state index contributed by atoms with van der Waals surface area (Å²) in [6.07, 6.45) is 1.48. The molecule has 2 aromatic rings. The number of hydrogen-bond donors (Lipinski definition) is 0. The van der Waals surface area contributed by atoms with Crippen molar-refractivity contribution in [3.05, 3.63) is 65.2 Å². The Morgan fingerprint density at radius 1 is 1.05 bits per heavy atom. The predicted molar refractivity (Wildman–Crippen MR) is 77.1 cm³/mol. The molecule has 3 rings (SSSR count). The van der Waals surface area contributed by atoms with E-state index < -0.39 is 0 Å². The molecule has 96 valence electrons. The maximum Gasteiger partial charge on any atom is 0.227 e. The highest BCUT2D eigenvalue weighted by molar-refractivity contribution is 5.96. The summed E-state index contributed by atoms with van der Waals surface area (Å²) in [5, 5.41) is 0. The van der Waals surface area contributed by atoms with E-state index in [9.17, 15) is 4.79 Å². The molecule has 0 saturated heterocycles. The maximum absolute atomic E-state index is 12.2. The van der Waals surface area contributed by atoms with E-state index in [0.29, 0.717) is 13.0 Å². The number of fused-ring (bicyclic) bond motifs is 1. The minimum Gasteiger partial charge on any atom is -0.308 e. The van der Waals surface area contributed by atoms with Gasteiger partial charge in [-0.3, -0.25) is 4.79 Å². The standard InChI is InChI=1S/C17H17NO/c1-13-7-9-16-15(11-13)8-10-17(19)18(16)12-14-5-3-2-4-6-14/h2-7,9,11H,8,10,12H2,1H3. The Morgan fingerprint density at radius 3 is 2.63 bits per heavy atom. The van der Waals surface area contributed by atoms with Crippen LogP contribution in [0.25, 0.3) is 0 Å². The summed E-state index contributed by atoms with van der Waals surface area (Å²) >= 11 is 0. The Morgan fingerprint density at radius 2 is 1.84 bits per heavy atom. The van der Waals surface area contributed by atoms with Crippen molar-refractivity contribution in [2.75, 3.05) is 4.90 Å². The summed E-state index contributed by atoms with van der Waals surface area (Å²) < 4.78 is 0. The summed E-state index contributed by atoms with van der Waals surface area (Å²) in [6.45, 7) is 2.76. The van der Waals surface area contributed by atoms with Gasteiger partial charge in [0.05, 0.1) is 6.54 Å². The molecule has 0 spiro atoms. The zero-order valence-corrected chi connectivity index (χ0v) is 11.1. The van der Waals surface area contributed by atoms with Crippen LogP contribution in [0.5, 0.6) is 0 Å². The van der Waals surface area contributed by atoms with E-state index in [1.165, 1.54) is 16.7 Å². The molecular weight excluding hydrogens is 234 g/mol. The first-order chi connectivity index (χ1) is 9.24. The van der Waals surface area contributed by atoms with Gasteiger partial charge in [-0.05, 0) is 30.5 Å². The van der Waals surface area contributed by atoms with Gasteiger partial charge in [0.2, 0.25) is 5.91 Å². The Bertz CT molecular complexity index is 604. The van der Waals surface area contributed by atoms with E-state index in [2.05, 4.69) is 37.3 Å². The van der Waals surface area contributed by atoms with Gasteiger partial charge in [0.15, 0.2) is 0 Å². The average molecular weight is 251 g/mol. The second-order valence-corrected chi connectivity index (χ2v) is 5.10. The molecule has 0 radical (unpaired) electrons. The highest BCUT2D eigenvalue weighted by Crippen LogP contribution is 2.29. The fraction of sp³-hybridized carbons (Fsp3) is 0.235. The lowest BCUT2D eigenvalue weighted by Gasteiger charge is -2.29. The van der Waals surface area contributed by atoms with Crippen LogP contribution in [0.1, 0.15) is 23.1 Å². The smallest absolute Gasteiger partial charge is 0.227 e. The number of carbonyl (C=O) groups is 1. The van der Waals surface area contributed by atoms with Crippen molar-refractivity contribution >= 4 is 11.6 Å². The molecule has 2 nitrogen and oxygen atoms in total. The lowest BCUT2D eigenvalue weighted by molar-refractivity contribution is -0.119. The van der Waals surface area contributed by atoms with Crippen molar-refractivity contribution in [3.8, 4) is 0 Å². The van der Waals surface area contributed by atoms with E-state index in [1.807, 2.05) is 23.1 Å². The molecule has 0 bridgehead atoms. The summed E-state index contributed by atoms with van der Waals surface area (Å²) in [6, 6.07) is 16.5. The van der Waals surface area contributed by atoms with Crippen LogP contribution in [0, 0.1) is 6.92 Å². The van der Waals surface area contributed by atoms with Crippen LogP contribution >= 0.6 is 0 Å². The van der Waals surface area contributed by atoms with Crippen molar-refractivity contribution in [1.29, 1.82) is 0 Å². The van der Waals surface area contributed by atoms with Crippen molar-refractivity contribution in [3.63, 3.8) is 0 Å². The minimum atomic E-state index is 0.222. The number of carbonyl (C=O) groups excluding carboxylic acids is 1. The lowest BCUT2D eigenvalue weighted by Crippen LogP contribution is -2.34. The first kappa shape index (κ1) is 12.0. The minimum absolute atomic E-state index is 0.222. The molecule has 1 aliphatic heterocycles. The van der Waals surface area contributed by atoms with Gasteiger partial charge in [-0.15, -0.1) is 0 Å². The number of amides is 1. The molecule has 2 heteroatoms. The van der Waals surface area contributed by atoms with Gasteiger partial charge in [-0.25, -0.2) is 0 Å². The average Bonchev–Trinajstić information content (AvgIpc) is 2.43. The van der Waals surface area contributed by atoms with Gasteiger partial charge in [0.1, 0.15) is 0 Å². The number of hydrogen-bond acceptors (Lipinski definition) is 1. The molecule has 1 amide bonds. The third kappa shape index (κ3) is 2.39. The van der Waals surface area contributed by atoms with Crippen molar-refractivity contribution < 1.29 is 4.79 Å². The van der Waals surface area contributed by atoms with E-state index in [-0.39, 0.29) is 5.91 Å². The number of anilines is 1. The maximum atomic E-state index is 12.2. The molecule has 0 N–H and O–H groups in total. The third-order valence-corrected chi connectivity index (χ3v) is 3.62. The fourth-order valence-corrected chi connectivity index (χ4v) is 2.63. The molecule has 2 aromatic carbocycles. The Balaban J connectivity index is 1.95. The quantitative estimate of drug-likeness (QED) is 0.800. The second-order valence-electron chi connectivity index (χ2n) is 5.10. The molecule has 0 saturated carbocycles. The Kier molecular flexibility index (Phi) is 3.08. The highest BCUT2D eigenvalue weighted by Gasteiger charge is 2.23. The summed E-state index contributed by atoms with van der Waals surface area (Å²) in [5.74, 6) is 0.222. The summed E-state index contributed by atoms with van der Waals surface area (Å²) in [7, 11) is 0. The molecule has 0 aliphatic carbocycles. The molecule has 0 aromatic heterocycles. The molecule has 0 unspecified atom stereocenters. The van der Waals surface area contributed by atoms with Gasteiger partial charge in [0.25, 0.3) is 0 Å². The van der Waals surface area contributed by atoms with Gasteiger partial charge in [-0.2, -0.15) is 0 Å². The molecule has 0 fully saturated rings.